The van der Waals surface area contributed by atoms with Crippen molar-refractivity contribution in [1.29, 1.82) is 0 Å². The summed E-state index contributed by atoms with van der Waals surface area (Å²) in [5.74, 6) is 1.13. The summed E-state index contributed by atoms with van der Waals surface area (Å²) in [5, 5.41) is 3.38. The molecule has 0 aliphatic carbocycles. The van der Waals surface area contributed by atoms with E-state index in [1.165, 1.54) is 4.90 Å². The van der Waals surface area contributed by atoms with E-state index in [2.05, 4.69) is 5.32 Å². The number of carbonyl (C=O) groups excluding carboxylic acids is 1. The molecule has 2 aromatic carbocycles. The average molecular weight is 368 g/mol. The van der Waals surface area contributed by atoms with Crippen LogP contribution in [0.1, 0.15) is 18.1 Å². The fourth-order valence-electron chi connectivity index (χ4n) is 2.65. The normalized spacial score (nSPS) is 15.3. The third-order valence-corrected chi connectivity index (χ3v) is 4.34. The average Bonchev–Trinajstić information content (AvgIpc) is 2.94. The van der Waals surface area contributed by atoms with Gasteiger partial charge in [0.15, 0.2) is 16.6 Å². The van der Waals surface area contributed by atoms with Crippen molar-refractivity contribution < 1.29 is 14.3 Å². The van der Waals surface area contributed by atoms with Crippen LogP contribution in [0.25, 0.3) is 6.08 Å². The molecule has 3 rings (SSSR count). The molecule has 0 bridgehead atoms. The molecule has 134 valence electrons. The van der Waals surface area contributed by atoms with E-state index in [4.69, 9.17) is 21.7 Å². The Morgan fingerprint density at radius 1 is 1.15 bits per heavy atom. The van der Waals surface area contributed by atoms with E-state index in [-0.39, 0.29) is 5.91 Å². The fraction of sp³-hybridized carbons (Fsp3) is 0.200. The Labute approximate surface area is 158 Å². The highest BCUT2D eigenvalue weighted by Crippen LogP contribution is 2.30. The summed E-state index contributed by atoms with van der Waals surface area (Å²) in [6.07, 6.45) is 1.76. The van der Waals surface area contributed by atoms with Gasteiger partial charge in [0.1, 0.15) is 12.3 Å². The monoisotopic (exact) mass is 368 g/mol. The lowest BCUT2D eigenvalue weighted by molar-refractivity contribution is -0.122. The Hall–Kier alpha value is -2.86. The van der Waals surface area contributed by atoms with E-state index < -0.39 is 0 Å². The van der Waals surface area contributed by atoms with E-state index in [1.54, 1.807) is 13.2 Å². The van der Waals surface area contributed by atoms with Crippen molar-refractivity contribution in [3.63, 3.8) is 0 Å². The lowest BCUT2D eigenvalue weighted by Crippen LogP contribution is -2.30. The molecule has 6 heteroatoms. The first kappa shape index (κ1) is 17.9. The summed E-state index contributed by atoms with van der Waals surface area (Å²) < 4.78 is 11.3. The number of carbonyl (C=O) groups is 1. The molecule has 26 heavy (non-hydrogen) atoms. The summed E-state index contributed by atoms with van der Waals surface area (Å²) in [5.41, 5.74) is 2.36. The quantitative estimate of drug-likeness (QED) is 0.626. The number of hydrogen-bond donors (Lipinski definition) is 1. The predicted molar refractivity (Wildman–Crippen MR) is 105 cm³/mol. The van der Waals surface area contributed by atoms with Crippen LogP contribution in [0.2, 0.25) is 0 Å². The Bertz CT molecular complexity index is 849. The number of nitrogens with one attached hydrogen (secondary N) is 1. The molecule has 1 aliphatic heterocycles. The molecular weight excluding hydrogens is 348 g/mol. The summed E-state index contributed by atoms with van der Waals surface area (Å²) in [4.78, 5) is 13.8. The number of ether oxygens (including phenoxy) is 2. The van der Waals surface area contributed by atoms with Crippen LogP contribution in [0.5, 0.6) is 11.5 Å². The van der Waals surface area contributed by atoms with Crippen molar-refractivity contribution in [3.8, 4) is 11.5 Å². The number of likely N-dealkylation sites (N-methyl/N-ethyl adjacent to an activating group) is 1. The second-order valence-electron chi connectivity index (χ2n) is 5.72. The van der Waals surface area contributed by atoms with Crippen molar-refractivity contribution >= 4 is 29.3 Å². The van der Waals surface area contributed by atoms with Gasteiger partial charge in [-0.15, -0.1) is 0 Å². The van der Waals surface area contributed by atoms with Crippen LogP contribution in [0.15, 0.2) is 54.2 Å². The van der Waals surface area contributed by atoms with Crippen LogP contribution >= 0.6 is 12.2 Å². The van der Waals surface area contributed by atoms with Crippen molar-refractivity contribution in [3.05, 3.63) is 65.4 Å². The first-order valence-corrected chi connectivity index (χ1v) is 8.72. The summed E-state index contributed by atoms with van der Waals surface area (Å²) >= 11 is 5.17. The van der Waals surface area contributed by atoms with Gasteiger partial charge in [-0.25, -0.2) is 0 Å². The van der Waals surface area contributed by atoms with E-state index in [9.17, 15) is 4.79 Å². The molecule has 2 aromatic rings. The number of thiocarbonyl (C=S) groups is 1. The lowest BCUT2D eigenvalue weighted by atomic mass is 10.1. The SMILES string of the molecule is CCN1C(=O)/C(=C\c2ccc(OCc3ccccc3)c(OC)c2)NC1=S. The van der Waals surface area contributed by atoms with Gasteiger partial charge in [-0.2, -0.15) is 0 Å². The van der Waals surface area contributed by atoms with Crippen LogP contribution in [-0.2, 0) is 11.4 Å². The molecule has 1 fully saturated rings. The van der Waals surface area contributed by atoms with Crippen molar-refractivity contribution in [1.82, 2.24) is 10.2 Å². The molecule has 0 saturated carbocycles. The maximum atomic E-state index is 12.3. The summed E-state index contributed by atoms with van der Waals surface area (Å²) in [6, 6.07) is 15.5. The third kappa shape index (κ3) is 3.86. The third-order valence-electron chi connectivity index (χ3n) is 4.01. The Kier molecular flexibility index (Phi) is 5.53. The maximum absolute atomic E-state index is 12.3. The zero-order valence-electron chi connectivity index (χ0n) is 14.7. The number of rotatable bonds is 6. The molecule has 1 heterocycles. The van der Waals surface area contributed by atoms with Gasteiger partial charge in [0.2, 0.25) is 0 Å². The lowest BCUT2D eigenvalue weighted by Gasteiger charge is -2.11. The van der Waals surface area contributed by atoms with Gasteiger partial charge >= 0.3 is 0 Å². The molecule has 1 amide bonds. The second kappa shape index (κ2) is 8.01. The minimum absolute atomic E-state index is 0.124. The zero-order valence-corrected chi connectivity index (χ0v) is 15.5. The van der Waals surface area contributed by atoms with Crippen LogP contribution in [0, 0.1) is 0 Å². The maximum Gasteiger partial charge on any atom is 0.276 e. The summed E-state index contributed by atoms with van der Waals surface area (Å²) in [7, 11) is 1.59. The minimum atomic E-state index is -0.124. The van der Waals surface area contributed by atoms with Crippen LogP contribution < -0.4 is 14.8 Å². The predicted octanol–water partition coefficient (Wildman–Crippen LogP) is 3.35. The summed E-state index contributed by atoms with van der Waals surface area (Å²) in [6.45, 7) is 2.88. The standard InChI is InChI=1S/C20H20N2O3S/c1-3-22-19(23)16(21-20(22)26)11-15-9-10-17(18(12-15)24-2)25-13-14-7-5-4-6-8-14/h4-12H,3,13H2,1-2H3,(H,21,26)/b16-11+. The highest BCUT2D eigenvalue weighted by Gasteiger charge is 2.29. The molecule has 0 spiro atoms. The smallest absolute Gasteiger partial charge is 0.276 e. The van der Waals surface area contributed by atoms with E-state index in [1.807, 2.05) is 55.5 Å². The van der Waals surface area contributed by atoms with Gasteiger partial charge in [0.25, 0.3) is 5.91 Å². The molecule has 1 saturated heterocycles. The minimum Gasteiger partial charge on any atom is -0.493 e. The molecule has 0 radical (unpaired) electrons. The van der Waals surface area contributed by atoms with Gasteiger partial charge in [-0.1, -0.05) is 36.4 Å². The molecule has 0 aromatic heterocycles. The number of benzene rings is 2. The molecular formula is C20H20N2O3S. The van der Waals surface area contributed by atoms with Crippen molar-refractivity contribution in [2.45, 2.75) is 13.5 Å². The van der Waals surface area contributed by atoms with Crippen molar-refractivity contribution in [2.24, 2.45) is 0 Å². The first-order valence-electron chi connectivity index (χ1n) is 8.31. The second-order valence-corrected chi connectivity index (χ2v) is 6.11. The Morgan fingerprint density at radius 2 is 1.92 bits per heavy atom. The number of amides is 1. The Balaban J connectivity index is 1.77. The van der Waals surface area contributed by atoms with Gasteiger partial charge in [-0.05, 0) is 48.5 Å². The number of hydrogen-bond acceptors (Lipinski definition) is 4. The van der Waals surface area contributed by atoms with E-state index >= 15 is 0 Å². The van der Waals surface area contributed by atoms with Crippen molar-refractivity contribution in [2.75, 3.05) is 13.7 Å². The fourth-order valence-corrected chi connectivity index (χ4v) is 2.98. The topological polar surface area (TPSA) is 50.8 Å². The molecule has 5 nitrogen and oxygen atoms in total. The van der Waals surface area contributed by atoms with Gasteiger partial charge < -0.3 is 14.8 Å². The Morgan fingerprint density at radius 3 is 2.58 bits per heavy atom. The molecule has 1 aliphatic rings. The molecule has 0 unspecified atom stereocenters. The number of nitrogens with zero attached hydrogens (tertiary/aromatic N) is 1. The zero-order chi connectivity index (χ0) is 18.5. The van der Waals surface area contributed by atoms with Gasteiger partial charge in [0.05, 0.1) is 7.11 Å². The highest BCUT2D eigenvalue weighted by molar-refractivity contribution is 7.80. The molecule has 0 atom stereocenters. The van der Waals surface area contributed by atoms with Gasteiger partial charge in [0, 0.05) is 6.54 Å². The largest absolute Gasteiger partial charge is 0.493 e. The first-order chi connectivity index (χ1) is 12.6. The number of methoxy groups -OCH3 is 1. The van der Waals surface area contributed by atoms with Crippen LogP contribution in [0.4, 0.5) is 0 Å². The highest BCUT2D eigenvalue weighted by atomic mass is 32.1. The van der Waals surface area contributed by atoms with Crippen LogP contribution in [-0.4, -0.2) is 29.6 Å². The van der Waals surface area contributed by atoms with E-state index in [0.717, 1.165) is 11.1 Å². The van der Waals surface area contributed by atoms with Gasteiger partial charge in [-0.3, -0.25) is 9.69 Å². The van der Waals surface area contributed by atoms with Crippen LogP contribution in [0.3, 0.4) is 0 Å². The molecule has 1 N–H and O–H groups in total. The van der Waals surface area contributed by atoms with E-state index in [0.29, 0.717) is 35.5 Å².